The van der Waals surface area contributed by atoms with Crippen molar-refractivity contribution in [3.8, 4) is 5.75 Å². The molecule has 1 rings (SSSR count). The third kappa shape index (κ3) is 2.70. The minimum atomic E-state index is -0.383. The zero-order chi connectivity index (χ0) is 10.6. The summed E-state index contributed by atoms with van der Waals surface area (Å²) in [4.78, 5) is 15.0. The van der Waals surface area contributed by atoms with Crippen LogP contribution in [0.5, 0.6) is 5.75 Å². The number of hydrazine groups is 1. The molecule has 0 saturated carbocycles. The number of hydrogen-bond acceptors (Lipinski definition) is 4. The van der Waals surface area contributed by atoms with E-state index in [-0.39, 0.29) is 12.0 Å². The molecule has 0 spiro atoms. The Morgan fingerprint density at radius 3 is 2.86 bits per heavy atom. The van der Waals surface area contributed by atoms with E-state index in [4.69, 9.17) is 10.6 Å². The molecule has 1 aromatic rings. The van der Waals surface area contributed by atoms with Crippen LogP contribution in [0.3, 0.4) is 0 Å². The number of nitrogens with zero attached hydrogens (tertiary/aromatic N) is 1. The van der Waals surface area contributed by atoms with E-state index in [0.717, 1.165) is 0 Å². The zero-order valence-corrected chi connectivity index (χ0v) is 8.15. The number of rotatable bonds is 3. The summed E-state index contributed by atoms with van der Waals surface area (Å²) in [7, 11) is 0. The molecule has 0 aliphatic heterocycles. The quantitative estimate of drug-likeness (QED) is 0.417. The molecule has 1 aromatic heterocycles. The predicted octanol–water partition coefficient (Wildman–Crippen LogP) is 0.472. The van der Waals surface area contributed by atoms with Crippen molar-refractivity contribution in [3.05, 3.63) is 24.0 Å². The molecular weight excluding hydrogens is 182 g/mol. The average molecular weight is 195 g/mol. The van der Waals surface area contributed by atoms with Crippen molar-refractivity contribution in [2.75, 3.05) is 0 Å². The molecule has 0 bridgehead atoms. The molecule has 5 heteroatoms. The van der Waals surface area contributed by atoms with Gasteiger partial charge in [-0.05, 0) is 19.9 Å². The molecule has 1 amide bonds. The van der Waals surface area contributed by atoms with Gasteiger partial charge in [0.2, 0.25) is 0 Å². The molecule has 0 unspecified atom stereocenters. The van der Waals surface area contributed by atoms with Crippen LogP contribution in [-0.2, 0) is 0 Å². The fraction of sp³-hybridized carbons (Fsp3) is 0.333. The number of hydrogen-bond donors (Lipinski definition) is 2. The fourth-order valence-electron chi connectivity index (χ4n) is 0.963. The largest absolute Gasteiger partial charge is 0.489 e. The van der Waals surface area contributed by atoms with E-state index >= 15 is 0 Å². The molecule has 0 atom stereocenters. The Bertz CT molecular complexity index is 326. The van der Waals surface area contributed by atoms with Crippen LogP contribution in [0.2, 0.25) is 0 Å². The lowest BCUT2D eigenvalue weighted by molar-refractivity contribution is 0.0952. The molecular formula is C9H13N3O2. The van der Waals surface area contributed by atoms with E-state index in [0.29, 0.717) is 11.3 Å². The van der Waals surface area contributed by atoms with Gasteiger partial charge in [-0.15, -0.1) is 0 Å². The van der Waals surface area contributed by atoms with Gasteiger partial charge in [-0.1, -0.05) is 0 Å². The van der Waals surface area contributed by atoms with E-state index in [9.17, 15) is 4.79 Å². The number of amides is 1. The summed E-state index contributed by atoms with van der Waals surface area (Å²) in [6.07, 6.45) is 3.02. The molecule has 0 saturated heterocycles. The van der Waals surface area contributed by atoms with Crippen LogP contribution >= 0.6 is 0 Å². The molecule has 5 nitrogen and oxygen atoms in total. The highest BCUT2D eigenvalue weighted by molar-refractivity contribution is 5.93. The Labute approximate surface area is 82.2 Å². The van der Waals surface area contributed by atoms with E-state index < -0.39 is 0 Å². The number of nitrogens with two attached hydrogens (primary N) is 1. The summed E-state index contributed by atoms with van der Waals surface area (Å²) >= 11 is 0. The van der Waals surface area contributed by atoms with Gasteiger partial charge in [-0.3, -0.25) is 15.2 Å². The van der Waals surface area contributed by atoms with Gasteiger partial charge in [0.25, 0.3) is 5.91 Å². The standard InChI is InChI=1S/C9H13N3O2/c1-6(2)14-8-3-7(4-11-5-8)9(13)12-10/h3-6H,10H2,1-2H3,(H,12,13). The number of nitrogen functional groups attached to an aromatic ring is 1. The van der Waals surface area contributed by atoms with Crippen LogP contribution in [-0.4, -0.2) is 17.0 Å². The highest BCUT2D eigenvalue weighted by atomic mass is 16.5. The molecule has 0 fully saturated rings. The molecule has 76 valence electrons. The number of pyridine rings is 1. The maximum atomic E-state index is 11.1. The van der Waals surface area contributed by atoms with Gasteiger partial charge >= 0.3 is 0 Å². The number of aromatic nitrogens is 1. The molecule has 0 aromatic carbocycles. The topological polar surface area (TPSA) is 77.2 Å². The molecule has 0 aliphatic rings. The van der Waals surface area contributed by atoms with Crippen LogP contribution in [0.1, 0.15) is 24.2 Å². The normalized spacial score (nSPS) is 10.0. The first-order valence-electron chi connectivity index (χ1n) is 4.26. The highest BCUT2D eigenvalue weighted by Crippen LogP contribution is 2.12. The molecule has 0 aliphatic carbocycles. The minimum Gasteiger partial charge on any atom is -0.489 e. The van der Waals surface area contributed by atoms with Crippen molar-refractivity contribution in [2.45, 2.75) is 20.0 Å². The smallest absolute Gasteiger partial charge is 0.266 e. The molecule has 1 heterocycles. The lowest BCUT2D eigenvalue weighted by Crippen LogP contribution is -2.30. The second kappa shape index (κ2) is 4.57. The van der Waals surface area contributed by atoms with Gasteiger partial charge in [0.15, 0.2) is 0 Å². The molecule has 14 heavy (non-hydrogen) atoms. The fourth-order valence-corrected chi connectivity index (χ4v) is 0.963. The minimum absolute atomic E-state index is 0.0491. The van der Waals surface area contributed by atoms with E-state index in [1.54, 1.807) is 12.3 Å². The Hall–Kier alpha value is -1.62. The molecule has 3 N–H and O–H groups in total. The Balaban J connectivity index is 2.84. The second-order valence-corrected chi connectivity index (χ2v) is 3.05. The SMILES string of the molecule is CC(C)Oc1cncc(C(=O)NN)c1. The van der Waals surface area contributed by atoms with Crippen molar-refractivity contribution in [3.63, 3.8) is 0 Å². The van der Waals surface area contributed by atoms with Crippen molar-refractivity contribution < 1.29 is 9.53 Å². The lowest BCUT2D eigenvalue weighted by Gasteiger charge is -2.09. The number of carbonyl (C=O) groups is 1. The Morgan fingerprint density at radius 2 is 2.29 bits per heavy atom. The van der Waals surface area contributed by atoms with Gasteiger partial charge < -0.3 is 4.74 Å². The Morgan fingerprint density at radius 1 is 1.57 bits per heavy atom. The summed E-state index contributed by atoms with van der Waals surface area (Å²) in [5.41, 5.74) is 2.41. The monoisotopic (exact) mass is 195 g/mol. The van der Waals surface area contributed by atoms with E-state index in [2.05, 4.69) is 4.98 Å². The summed E-state index contributed by atoms with van der Waals surface area (Å²) in [5.74, 6) is 5.16. The van der Waals surface area contributed by atoms with Crippen molar-refractivity contribution in [1.29, 1.82) is 0 Å². The van der Waals surface area contributed by atoms with Gasteiger partial charge in [0.05, 0.1) is 17.9 Å². The summed E-state index contributed by atoms with van der Waals surface area (Å²) in [5, 5.41) is 0. The third-order valence-electron chi connectivity index (χ3n) is 1.48. The van der Waals surface area contributed by atoms with Crippen LogP contribution in [0.15, 0.2) is 18.5 Å². The van der Waals surface area contributed by atoms with Gasteiger partial charge in [0, 0.05) is 6.20 Å². The first kappa shape index (κ1) is 10.5. The van der Waals surface area contributed by atoms with Crippen LogP contribution in [0.4, 0.5) is 0 Å². The van der Waals surface area contributed by atoms with Gasteiger partial charge in [-0.25, -0.2) is 5.84 Å². The van der Waals surface area contributed by atoms with Crippen LogP contribution in [0, 0.1) is 0 Å². The maximum absolute atomic E-state index is 11.1. The lowest BCUT2D eigenvalue weighted by atomic mass is 10.2. The second-order valence-electron chi connectivity index (χ2n) is 3.05. The summed E-state index contributed by atoms with van der Waals surface area (Å²) in [6.45, 7) is 3.80. The van der Waals surface area contributed by atoms with E-state index in [1.165, 1.54) is 6.20 Å². The van der Waals surface area contributed by atoms with Crippen molar-refractivity contribution in [1.82, 2.24) is 10.4 Å². The van der Waals surface area contributed by atoms with Crippen molar-refractivity contribution >= 4 is 5.91 Å². The summed E-state index contributed by atoms with van der Waals surface area (Å²) in [6, 6.07) is 1.59. The Kier molecular flexibility index (Phi) is 3.41. The number of nitrogens with one attached hydrogen (secondary N) is 1. The summed E-state index contributed by atoms with van der Waals surface area (Å²) < 4.78 is 5.37. The predicted molar refractivity (Wildman–Crippen MR) is 51.7 cm³/mol. The highest BCUT2D eigenvalue weighted by Gasteiger charge is 2.06. The van der Waals surface area contributed by atoms with Gasteiger partial charge in [-0.2, -0.15) is 0 Å². The zero-order valence-electron chi connectivity index (χ0n) is 8.15. The average Bonchev–Trinajstić information content (AvgIpc) is 2.16. The third-order valence-corrected chi connectivity index (χ3v) is 1.48. The van der Waals surface area contributed by atoms with Crippen molar-refractivity contribution in [2.24, 2.45) is 5.84 Å². The first-order chi connectivity index (χ1) is 6.63. The van der Waals surface area contributed by atoms with Crippen LogP contribution < -0.4 is 16.0 Å². The van der Waals surface area contributed by atoms with Crippen LogP contribution in [0.25, 0.3) is 0 Å². The number of carbonyl (C=O) groups excluding carboxylic acids is 1. The number of ether oxygens (including phenoxy) is 1. The maximum Gasteiger partial charge on any atom is 0.266 e. The van der Waals surface area contributed by atoms with E-state index in [1.807, 2.05) is 19.3 Å². The first-order valence-corrected chi connectivity index (χ1v) is 4.26. The van der Waals surface area contributed by atoms with Gasteiger partial charge in [0.1, 0.15) is 5.75 Å². The molecule has 0 radical (unpaired) electrons.